The average molecular weight is 388 g/mol. The van der Waals surface area contributed by atoms with Gasteiger partial charge in [0.15, 0.2) is 0 Å². The fraction of sp³-hybridized carbons (Fsp3) is 0.263. The number of halogens is 2. The molecule has 5 nitrogen and oxygen atoms in total. The van der Waals surface area contributed by atoms with Crippen molar-refractivity contribution < 1.29 is 0 Å². The maximum Gasteiger partial charge on any atom is 0.229 e. The molecule has 1 aliphatic rings. The molecule has 1 aromatic heterocycles. The molecule has 7 heteroatoms. The van der Waals surface area contributed by atoms with Gasteiger partial charge < -0.3 is 16.0 Å². The van der Waals surface area contributed by atoms with E-state index >= 15 is 0 Å². The van der Waals surface area contributed by atoms with Crippen molar-refractivity contribution >= 4 is 51.6 Å². The number of nitrogens with zero attached hydrogens (tertiary/aromatic N) is 2. The molecule has 0 bridgehead atoms. The summed E-state index contributed by atoms with van der Waals surface area (Å²) in [4.78, 5) is 9.34. The molecule has 1 saturated heterocycles. The molecular weight excluding hydrogens is 369 g/mol. The predicted octanol–water partition coefficient (Wildman–Crippen LogP) is 4.84. The zero-order chi connectivity index (χ0) is 17.9. The zero-order valence-electron chi connectivity index (χ0n) is 14.1. The van der Waals surface area contributed by atoms with E-state index in [4.69, 9.17) is 28.2 Å². The van der Waals surface area contributed by atoms with Crippen molar-refractivity contribution in [3.05, 3.63) is 52.5 Å². The molecule has 26 heavy (non-hydrogen) atoms. The quantitative estimate of drug-likeness (QED) is 0.597. The lowest BCUT2D eigenvalue weighted by Crippen LogP contribution is -2.35. The molecule has 0 amide bonds. The van der Waals surface area contributed by atoms with Crippen molar-refractivity contribution in [3.63, 3.8) is 0 Å². The largest absolute Gasteiger partial charge is 0.367 e. The Labute approximate surface area is 162 Å². The molecule has 0 spiro atoms. The van der Waals surface area contributed by atoms with Crippen LogP contribution in [0.5, 0.6) is 0 Å². The molecule has 0 saturated carbocycles. The van der Waals surface area contributed by atoms with Gasteiger partial charge in [-0.1, -0.05) is 35.3 Å². The predicted molar refractivity (Wildman–Crippen MR) is 109 cm³/mol. The fourth-order valence-electron chi connectivity index (χ4n) is 3.11. The summed E-state index contributed by atoms with van der Waals surface area (Å²) in [5, 5.41) is 12.2. The van der Waals surface area contributed by atoms with Crippen LogP contribution in [0.2, 0.25) is 10.0 Å². The minimum atomic E-state index is 0.410. The highest BCUT2D eigenvalue weighted by Gasteiger charge is 2.16. The lowest BCUT2D eigenvalue weighted by molar-refractivity contribution is 0.478. The number of rotatable bonds is 4. The van der Waals surface area contributed by atoms with Crippen molar-refractivity contribution in [2.75, 3.05) is 23.7 Å². The van der Waals surface area contributed by atoms with Gasteiger partial charge in [0, 0.05) is 17.1 Å². The number of anilines is 3. The Balaban J connectivity index is 1.67. The summed E-state index contributed by atoms with van der Waals surface area (Å²) in [7, 11) is 0. The average Bonchev–Trinajstić information content (AvgIpc) is 2.66. The molecule has 0 atom stereocenters. The van der Waals surface area contributed by atoms with Crippen LogP contribution in [-0.2, 0) is 0 Å². The molecule has 0 radical (unpaired) electrons. The summed E-state index contributed by atoms with van der Waals surface area (Å²) in [6.45, 7) is 2.05. The Kier molecular flexibility index (Phi) is 5.11. The third-order valence-electron chi connectivity index (χ3n) is 4.46. The topological polar surface area (TPSA) is 61.9 Å². The summed E-state index contributed by atoms with van der Waals surface area (Å²) in [5.74, 6) is 1.38. The second-order valence-electron chi connectivity index (χ2n) is 6.34. The molecule has 3 N–H and O–H groups in total. The SMILES string of the molecule is Clc1ccc(Nc2nc(NC3CCNCC3)c3ccccc3n2)cc1Cl. The van der Waals surface area contributed by atoms with Gasteiger partial charge in [0.25, 0.3) is 0 Å². The van der Waals surface area contributed by atoms with E-state index in [1.807, 2.05) is 30.3 Å². The van der Waals surface area contributed by atoms with Gasteiger partial charge in [-0.05, 0) is 56.3 Å². The Morgan fingerprint density at radius 1 is 0.962 bits per heavy atom. The summed E-state index contributed by atoms with van der Waals surface area (Å²) in [6.07, 6.45) is 2.15. The van der Waals surface area contributed by atoms with E-state index in [0.29, 0.717) is 22.0 Å². The van der Waals surface area contributed by atoms with E-state index in [1.54, 1.807) is 12.1 Å². The molecule has 2 heterocycles. The summed E-state index contributed by atoms with van der Waals surface area (Å²) in [5.41, 5.74) is 1.68. The van der Waals surface area contributed by atoms with Crippen molar-refractivity contribution in [1.29, 1.82) is 0 Å². The van der Waals surface area contributed by atoms with Gasteiger partial charge in [-0.3, -0.25) is 0 Å². The molecule has 1 aliphatic heterocycles. The number of nitrogens with one attached hydrogen (secondary N) is 3. The number of hydrogen-bond acceptors (Lipinski definition) is 5. The Hall–Kier alpha value is -2.08. The van der Waals surface area contributed by atoms with Gasteiger partial charge in [-0.25, -0.2) is 4.98 Å². The smallest absolute Gasteiger partial charge is 0.229 e. The first-order chi connectivity index (χ1) is 12.7. The second-order valence-corrected chi connectivity index (χ2v) is 7.15. The standard InChI is InChI=1S/C19H19Cl2N5/c20-15-6-5-13(11-16(15)21)24-19-25-17-4-2-1-3-14(17)18(26-19)23-12-7-9-22-10-8-12/h1-6,11-12,22H,7-10H2,(H2,23,24,25,26). The first-order valence-electron chi connectivity index (χ1n) is 8.65. The summed E-state index contributed by atoms with van der Waals surface area (Å²) in [6, 6.07) is 13.8. The van der Waals surface area contributed by atoms with E-state index in [2.05, 4.69) is 20.9 Å². The van der Waals surface area contributed by atoms with E-state index in [1.165, 1.54) is 0 Å². The van der Waals surface area contributed by atoms with E-state index < -0.39 is 0 Å². The van der Waals surface area contributed by atoms with Crippen molar-refractivity contribution in [3.8, 4) is 0 Å². The third-order valence-corrected chi connectivity index (χ3v) is 5.20. The van der Waals surface area contributed by atoms with Crippen molar-refractivity contribution in [2.45, 2.75) is 18.9 Å². The fourth-order valence-corrected chi connectivity index (χ4v) is 3.40. The summed E-state index contributed by atoms with van der Waals surface area (Å²) < 4.78 is 0. The lowest BCUT2D eigenvalue weighted by Gasteiger charge is -2.25. The third kappa shape index (κ3) is 3.85. The van der Waals surface area contributed by atoms with Crippen LogP contribution in [0.25, 0.3) is 10.9 Å². The molecule has 1 fully saturated rings. The van der Waals surface area contributed by atoms with Crippen LogP contribution in [0, 0.1) is 0 Å². The van der Waals surface area contributed by atoms with Crippen LogP contribution in [0.4, 0.5) is 17.5 Å². The maximum atomic E-state index is 6.10. The second kappa shape index (κ2) is 7.66. The van der Waals surface area contributed by atoms with Gasteiger partial charge in [-0.2, -0.15) is 4.98 Å². The van der Waals surface area contributed by atoms with Crippen LogP contribution >= 0.6 is 23.2 Å². The van der Waals surface area contributed by atoms with Gasteiger partial charge in [-0.15, -0.1) is 0 Å². The number of piperidine rings is 1. The molecule has 3 aromatic rings. The molecule has 134 valence electrons. The first-order valence-corrected chi connectivity index (χ1v) is 9.41. The summed E-state index contributed by atoms with van der Waals surface area (Å²) >= 11 is 12.1. The van der Waals surface area contributed by atoms with Crippen molar-refractivity contribution in [1.82, 2.24) is 15.3 Å². The molecule has 0 aliphatic carbocycles. The highest BCUT2D eigenvalue weighted by Crippen LogP contribution is 2.28. The van der Waals surface area contributed by atoms with Crippen LogP contribution in [0.15, 0.2) is 42.5 Å². The van der Waals surface area contributed by atoms with Gasteiger partial charge in [0.2, 0.25) is 5.95 Å². The number of hydrogen-bond donors (Lipinski definition) is 3. The van der Waals surface area contributed by atoms with Crippen molar-refractivity contribution in [2.24, 2.45) is 0 Å². The van der Waals surface area contributed by atoms with Crippen LogP contribution in [-0.4, -0.2) is 29.1 Å². The van der Waals surface area contributed by atoms with Gasteiger partial charge in [0.1, 0.15) is 5.82 Å². The highest BCUT2D eigenvalue weighted by molar-refractivity contribution is 6.42. The Morgan fingerprint density at radius 2 is 1.77 bits per heavy atom. The molecule has 2 aromatic carbocycles. The van der Waals surface area contributed by atoms with Crippen LogP contribution < -0.4 is 16.0 Å². The van der Waals surface area contributed by atoms with E-state index in [-0.39, 0.29) is 0 Å². The van der Waals surface area contributed by atoms with E-state index in [0.717, 1.165) is 48.3 Å². The van der Waals surface area contributed by atoms with Crippen LogP contribution in [0.1, 0.15) is 12.8 Å². The number of fused-ring (bicyclic) bond motifs is 1. The lowest BCUT2D eigenvalue weighted by atomic mass is 10.1. The molecular formula is C19H19Cl2N5. The minimum Gasteiger partial charge on any atom is -0.367 e. The number of benzene rings is 2. The normalized spacial score (nSPS) is 15.2. The number of aromatic nitrogens is 2. The first kappa shape index (κ1) is 17.3. The highest BCUT2D eigenvalue weighted by atomic mass is 35.5. The Morgan fingerprint density at radius 3 is 2.58 bits per heavy atom. The Bertz CT molecular complexity index is 925. The van der Waals surface area contributed by atoms with Gasteiger partial charge >= 0.3 is 0 Å². The zero-order valence-corrected chi connectivity index (χ0v) is 15.6. The maximum absolute atomic E-state index is 6.10. The molecule has 0 unspecified atom stereocenters. The van der Waals surface area contributed by atoms with Gasteiger partial charge in [0.05, 0.1) is 15.6 Å². The number of para-hydroxylation sites is 1. The molecule has 4 rings (SSSR count). The monoisotopic (exact) mass is 387 g/mol. The van der Waals surface area contributed by atoms with Crippen LogP contribution in [0.3, 0.4) is 0 Å². The van der Waals surface area contributed by atoms with E-state index in [9.17, 15) is 0 Å². The minimum absolute atomic E-state index is 0.410.